The molecule has 2 aromatic rings. The number of esters is 1. The van der Waals surface area contributed by atoms with Gasteiger partial charge in [0.1, 0.15) is 0 Å². The van der Waals surface area contributed by atoms with Crippen molar-refractivity contribution in [2.75, 3.05) is 18.0 Å². The molecule has 34 heavy (non-hydrogen) atoms. The quantitative estimate of drug-likeness (QED) is 0.406. The van der Waals surface area contributed by atoms with Gasteiger partial charge in [0, 0.05) is 41.1 Å². The minimum absolute atomic E-state index is 0.248. The van der Waals surface area contributed by atoms with Crippen LogP contribution in [-0.4, -0.2) is 35.7 Å². The number of anilines is 1. The van der Waals surface area contributed by atoms with E-state index in [0.29, 0.717) is 5.02 Å². The summed E-state index contributed by atoms with van der Waals surface area (Å²) in [5.74, 6) is -0.392. The van der Waals surface area contributed by atoms with Crippen LogP contribution in [0.2, 0.25) is 5.02 Å². The lowest BCUT2D eigenvalue weighted by Crippen LogP contribution is -2.39. The van der Waals surface area contributed by atoms with Crippen molar-refractivity contribution in [2.24, 2.45) is 5.41 Å². The van der Waals surface area contributed by atoms with E-state index in [1.165, 1.54) is 0 Å². The fourth-order valence-electron chi connectivity index (χ4n) is 4.34. The number of carbonyl (C=O) groups excluding carboxylic acids is 1. The summed E-state index contributed by atoms with van der Waals surface area (Å²) < 4.78 is 12.1. The Morgan fingerprint density at radius 2 is 1.82 bits per heavy atom. The van der Waals surface area contributed by atoms with E-state index in [9.17, 15) is 4.79 Å². The predicted octanol–water partition coefficient (Wildman–Crippen LogP) is 7.14. The topological polar surface area (TPSA) is 51.7 Å². The van der Waals surface area contributed by atoms with E-state index >= 15 is 0 Å². The highest BCUT2D eigenvalue weighted by Gasteiger charge is 2.37. The first-order chi connectivity index (χ1) is 15.8. The molecule has 1 aromatic heterocycles. The summed E-state index contributed by atoms with van der Waals surface area (Å²) in [6.07, 6.45) is 2.87. The summed E-state index contributed by atoms with van der Waals surface area (Å²) in [6.45, 7) is 17.9. The van der Waals surface area contributed by atoms with Gasteiger partial charge in [0.15, 0.2) is 6.10 Å². The van der Waals surface area contributed by atoms with E-state index in [1.54, 1.807) is 0 Å². The Kier molecular flexibility index (Phi) is 7.99. The van der Waals surface area contributed by atoms with Crippen LogP contribution in [0.1, 0.15) is 78.7 Å². The number of carbonyl (C=O) groups is 1. The molecule has 0 amide bonds. The molecule has 1 atom stereocenters. The Morgan fingerprint density at radius 1 is 1.18 bits per heavy atom. The predicted molar refractivity (Wildman–Crippen MR) is 139 cm³/mol. The Labute approximate surface area is 209 Å². The zero-order valence-corrected chi connectivity index (χ0v) is 22.6. The molecular formula is C28H39ClN2O3. The zero-order valence-electron chi connectivity index (χ0n) is 21.9. The van der Waals surface area contributed by atoms with Gasteiger partial charge < -0.3 is 14.4 Å². The second-order valence-corrected chi connectivity index (χ2v) is 11.7. The van der Waals surface area contributed by atoms with Crippen molar-refractivity contribution < 1.29 is 14.3 Å². The lowest BCUT2D eigenvalue weighted by atomic mass is 9.82. The maximum absolute atomic E-state index is 13.4. The summed E-state index contributed by atoms with van der Waals surface area (Å²) in [7, 11) is 0. The minimum atomic E-state index is -0.890. The molecule has 6 heteroatoms. The van der Waals surface area contributed by atoms with Crippen molar-refractivity contribution >= 4 is 23.3 Å². The third-order valence-electron chi connectivity index (χ3n) is 6.16. The van der Waals surface area contributed by atoms with Crippen molar-refractivity contribution in [3.63, 3.8) is 0 Å². The summed E-state index contributed by atoms with van der Waals surface area (Å²) in [5, 5.41) is 0.659. The Hall–Kier alpha value is -2.11. The van der Waals surface area contributed by atoms with Crippen molar-refractivity contribution in [1.82, 2.24) is 4.98 Å². The molecule has 186 valence electrons. The molecule has 0 bridgehead atoms. The molecule has 0 spiro atoms. The Bertz CT molecular complexity index is 1020. The molecule has 0 radical (unpaired) electrons. The van der Waals surface area contributed by atoms with E-state index in [1.807, 2.05) is 72.0 Å². The Morgan fingerprint density at radius 3 is 2.38 bits per heavy atom. The number of benzene rings is 1. The number of rotatable bonds is 6. The van der Waals surface area contributed by atoms with Crippen molar-refractivity contribution in [2.45, 2.75) is 86.0 Å². The fraction of sp³-hybridized carbons (Fsp3) is 0.571. The highest BCUT2D eigenvalue weighted by molar-refractivity contribution is 6.30. The highest BCUT2D eigenvalue weighted by atomic mass is 35.5. The molecule has 1 fully saturated rings. The van der Waals surface area contributed by atoms with Crippen LogP contribution in [0.3, 0.4) is 0 Å². The molecule has 2 heterocycles. The first-order valence-corrected chi connectivity index (χ1v) is 12.5. The van der Waals surface area contributed by atoms with Crippen LogP contribution in [0.25, 0.3) is 11.1 Å². The van der Waals surface area contributed by atoms with Gasteiger partial charge in [-0.1, -0.05) is 37.6 Å². The van der Waals surface area contributed by atoms with Crippen molar-refractivity contribution in [3.05, 3.63) is 46.7 Å². The van der Waals surface area contributed by atoms with Gasteiger partial charge in [0.25, 0.3) is 0 Å². The van der Waals surface area contributed by atoms with E-state index in [-0.39, 0.29) is 11.5 Å². The third-order valence-corrected chi connectivity index (χ3v) is 6.39. The van der Waals surface area contributed by atoms with Gasteiger partial charge in [-0.3, -0.25) is 4.98 Å². The standard InChI is InChI=1S/C28H39ClN2O3/c1-18(2)33-26(32)25(34-27(4,5)6)23-19(3)30-17-22(20-10-9-11-21(29)16-20)24(23)31-14-12-28(7,8)13-15-31/h9-11,16-18,25H,12-15H2,1-8H3/t25-/m0/s1. The normalized spacial score (nSPS) is 17.1. The first kappa shape index (κ1) is 26.5. The summed E-state index contributed by atoms with van der Waals surface area (Å²) in [5.41, 5.74) is 4.17. The molecule has 0 N–H and O–H groups in total. The molecule has 0 aliphatic carbocycles. The molecule has 1 aromatic carbocycles. The maximum atomic E-state index is 13.4. The van der Waals surface area contributed by atoms with Gasteiger partial charge in [-0.05, 0) is 77.5 Å². The van der Waals surface area contributed by atoms with Gasteiger partial charge in [0.05, 0.1) is 17.4 Å². The number of hydrogen-bond donors (Lipinski definition) is 0. The number of hydrogen-bond acceptors (Lipinski definition) is 5. The van der Waals surface area contributed by atoms with Gasteiger partial charge in [-0.15, -0.1) is 0 Å². The van der Waals surface area contributed by atoms with E-state index in [0.717, 1.165) is 54.0 Å². The SMILES string of the molecule is Cc1ncc(-c2cccc(Cl)c2)c(N2CCC(C)(C)CC2)c1[C@H](OC(C)(C)C)C(=O)OC(C)C. The largest absolute Gasteiger partial charge is 0.461 e. The van der Waals surface area contributed by atoms with E-state index in [4.69, 9.17) is 26.1 Å². The third kappa shape index (κ3) is 6.51. The number of halogens is 1. The molecular weight excluding hydrogens is 448 g/mol. The van der Waals surface area contributed by atoms with Crippen molar-refractivity contribution in [3.8, 4) is 11.1 Å². The second kappa shape index (κ2) is 10.2. The molecule has 5 nitrogen and oxygen atoms in total. The Balaban J connectivity index is 2.25. The number of nitrogens with zero attached hydrogens (tertiary/aromatic N) is 2. The zero-order chi connectivity index (χ0) is 25.3. The average molecular weight is 487 g/mol. The molecule has 0 unspecified atom stereocenters. The van der Waals surface area contributed by atoms with Crippen LogP contribution in [0, 0.1) is 12.3 Å². The van der Waals surface area contributed by atoms with Crippen LogP contribution in [0.5, 0.6) is 0 Å². The lowest BCUT2D eigenvalue weighted by molar-refractivity contribution is -0.171. The van der Waals surface area contributed by atoms with Gasteiger partial charge in [-0.2, -0.15) is 0 Å². The highest BCUT2D eigenvalue weighted by Crippen LogP contribution is 2.44. The molecule has 1 saturated heterocycles. The number of piperidine rings is 1. The second-order valence-electron chi connectivity index (χ2n) is 11.3. The molecule has 1 aliphatic heterocycles. The fourth-order valence-corrected chi connectivity index (χ4v) is 4.53. The van der Waals surface area contributed by atoms with Gasteiger partial charge in [0.2, 0.25) is 0 Å². The molecule has 0 saturated carbocycles. The van der Waals surface area contributed by atoms with E-state index in [2.05, 4.69) is 18.7 Å². The smallest absolute Gasteiger partial charge is 0.340 e. The van der Waals surface area contributed by atoms with E-state index < -0.39 is 17.7 Å². The average Bonchev–Trinajstić information content (AvgIpc) is 2.71. The maximum Gasteiger partial charge on any atom is 0.340 e. The summed E-state index contributed by atoms with van der Waals surface area (Å²) >= 11 is 6.37. The van der Waals surface area contributed by atoms with Gasteiger partial charge in [-0.25, -0.2) is 4.79 Å². The number of ether oxygens (including phenoxy) is 2. The van der Waals surface area contributed by atoms with Crippen LogP contribution in [-0.2, 0) is 14.3 Å². The van der Waals surface area contributed by atoms with Crippen LogP contribution in [0.15, 0.2) is 30.5 Å². The van der Waals surface area contributed by atoms with Crippen molar-refractivity contribution in [1.29, 1.82) is 0 Å². The number of aromatic nitrogens is 1. The van der Waals surface area contributed by atoms with Crippen LogP contribution < -0.4 is 4.90 Å². The summed E-state index contributed by atoms with van der Waals surface area (Å²) in [4.78, 5) is 20.5. The van der Waals surface area contributed by atoms with Crippen LogP contribution >= 0.6 is 11.6 Å². The summed E-state index contributed by atoms with van der Waals surface area (Å²) in [6, 6.07) is 7.78. The lowest BCUT2D eigenvalue weighted by Gasteiger charge is -2.41. The minimum Gasteiger partial charge on any atom is -0.461 e. The number of aryl methyl sites for hydroxylation is 1. The number of pyridine rings is 1. The molecule has 3 rings (SSSR count). The monoisotopic (exact) mass is 486 g/mol. The molecule has 1 aliphatic rings. The first-order valence-electron chi connectivity index (χ1n) is 12.2. The van der Waals surface area contributed by atoms with Gasteiger partial charge >= 0.3 is 5.97 Å². The van der Waals surface area contributed by atoms with Crippen LogP contribution in [0.4, 0.5) is 5.69 Å².